The summed E-state index contributed by atoms with van der Waals surface area (Å²) >= 11 is 1.35. The number of carbonyl (C=O) groups excluding carboxylic acids is 2. The van der Waals surface area contributed by atoms with Crippen LogP contribution in [0.4, 0.5) is 5.13 Å². The molecule has 1 aliphatic heterocycles. The summed E-state index contributed by atoms with van der Waals surface area (Å²) < 4.78 is 0. The molecule has 1 fully saturated rings. The molecular weight excluding hydrogens is 396 g/mol. The summed E-state index contributed by atoms with van der Waals surface area (Å²) in [7, 11) is 0. The molecule has 154 valence electrons. The number of benzene rings is 2. The van der Waals surface area contributed by atoms with E-state index in [9.17, 15) is 9.59 Å². The molecule has 2 heterocycles. The summed E-state index contributed by atoms with van der Waals surface area (Å²) in [6, 6.07) is 15.6. The highest BCUT2D eigenvalue weighted by Gasteiger charge is 2.20. The van der Waals surface area contributed by atoms with Crippen LogP contribution >= 0.6 is 11.3 Å². The molecular formula is C23H24N4O2S. The van der Waals surface area contributed by atoms with Crippen LogP contribution in [0.3, 0.4) is 0 Å². The van der Waals surface area contributed by atoms with Crippen LogP contribution in [0.5, 0.6) is 0 Å². The van der Waals surface area contributed by atoms with Crippen molar-refractivity contribution in [2.45, 2.75) is 39.2 Å². The van der Waals surface area contributed by atoms with Gasteiger partial charge in [-0.3, -0.25) is 14.9 Å². The number of carbonyl (C=O) groups is 2. The Balaban J connectivity index is 1.43. The molecule has 1 saturated heterocycles. The molecule has 2 aromatic carbocycles. The van der Waals surface area contributed by atoms with Gasteiger partial charge in [0.2, 0.25) is 11.0 Å². The van der Waals surface area contributed by atoms with Gasteiger partial charge in [0.25, 0.3) is 5.91 Å². The van der Waals surface area contributed by atoms with Crippen LogP contribution in [0.1, 0.15) is 54.1 Å². The topological polar surface area (TPSA) is 75.2 Å². The number of likely N-dealkylation sites (tertiary alicyclic amines) is 1. The first-order valence-electron chi connectivity index (χ1n) is 10.1. The van der Waals surface area contributed by atoms with Crippen molar-refractivity contribution in [3.63, 3.8) is 0 Å². The second-order valence-electron chi connectivity index (χ2n) is 7.76. The molecule has 7 heteroatoms. The van der Waals surface area contributed by atoms with E-state index < -0.39 is 0 Å². The van der Waals surface area contributed by atoms with Crippen LogP contribution in [-0.2, 0) is 11.3 Å². The minimum Gasteiger partial charge on any atom is -0.338 e. The summed E-state index contributed by atoms with van der Waals surface area (Å²) in [6.45, 7) is 5.63. The highest BCUT2D eigenvalue weighted by atomic mass is 32.1. The van der Waals surface area contributed by atoms with E-state index in [0.29, 0.717) is 29.6 Å². The summed E-state index contributed by atoms with van der Waals surface area (Å²) in [5.74, 6) is 0.415. The lowest BCUT2D eigenvalue weighted by Gasteiger charge is -2.15. The van der Waals surface area contributed by atoms with E-state index in [2.05, 4.69) is 41.5 Å². The van der Waals surface area contributed by atoms with Crippen molar-refractivity contribution in [1.29, 1.82) is 0 Å². The molecule has 3 aromatic rings. The number of amides is 2. The summed E-state index contributed by atoms with van der Waals surface area (Å²) in [5.41, 5.74) is 3.74. The van der Waals surface area contributed by atoms with Crippen molar-refractivity contribution >= 4 is 28.3 Å². The molecule has 0 aliphatic carbocycles. The first kappa shape index (κ1) is 20.2. The third-order valence-electron chi connectivity index (χ3n) is 5.20. The molecule has 30 heavy (non-hydrogen) atoms. The van der Waals surface area contributed by atoms with Crippen molar-refractivity contribution in [2.24, 2.45) is 0 Å². The minimum atomic E-state index is -0.234. The van der Waals surface area contributed by atoms with Gasteiger partial charge in [-0.15, -0.1) is 10.2 Å². The van der Waals surface area contributed by atoms with E-state index in [-0.39, 0.29) is 11.8 Å². The predicted octanol–water partition coefficient (Wildman–Crippen LogP) is 4.70. The molecule has 4 rings (SSSR count). The lowest BCUT2D eigenvalue weighted by Crippen LogP contribution is -2.24. The number of hydrogen-bond acceptors (Lipinski definition) is 5. The third-order valence-corrected chi connectivity index (χ3v) is 6.09. The number of hydrogen-bond donors (Lipinski definition) is 1. The van der Waals surface area contributed by atoms with Crippen molar-refractivity contribution in [3.8, 4) is 10.6 Å². The molecule has 0 spiro atoms. The Bertz CT molecular complexity index is 1060. The Kier molecular flexibility index (Phi) is 5.90. The third kappa shape index (κ3) is 4.57. The Morgan fingerprint density at radius 3 is 2.67 bits per heavy atom. The molecule has 0 atom stereocenters. The van der Waals surface area contributed by atoms with Crippen molar-refractivity contribution in [1.82, 2.24) is 15.1 Å². The van der Waals surface area contributed by atoms with Gasteiger partial charge in [0.1, 0.15) is 5.01 Å². The molecule has 1 N–H and O–H groups in total. The van der Waals surface area contributed by atoms with Gasteiger partial charge in [-0.1, -0.05) is 61.6 Å². The highest BCUT2D eigenvalue weighted by Crippen LogP contribution is 2.28. The zero-order chi connectivity index (χ0) is 21.1. The largest absolute Gasteiger partial charge is 0.338 e. The second kappa shape index (κ2) is 8.75. The van der Waals surface area contributed by atoms with E-state index in [0.717, 1.165) is 29.1 Å². The monoisotopic (exact) mass is 420 g/mol. The molecule has 0 unspecified atom stereocenters. The molecule has 1 aromatic heterocycles. The van der Waals surface area contributed by atoms with Crippen molar-refractivity contribution in [2.75, 3.05) is 11.9 Å². The highest BCUT2D eigenvalue weighted by molar-refractivity contribution is 7.18. The van der Waals surface area contributed by atoms with Crippen LogP contribution in [0.25, 0.3) is 10.6 Å². The van der Waals surface area contributed by atoms with E-state index in [1.165, 1.54) is 16.9 Å². The maximum Gasteiger partial charge on any atom is 0.257 e. The fourth-order valence-corrected chi connectivity index (χ4v) is 4.22. The van der Waals surface area contributed by atoms with Gasteiger partial charge in [-0.25, -0.2) is 0 Å². The molecule has 2 amide bonds. The first-order chi connectivity index (χ1) is 14.5. The van der Waals surface area contributed by atoms with Crippen LogP contribution in [0, 0.1) is 0 Å². The SMILES string of the molecule is CC(C)c1ccc(-c2nnc(NC(=O)c3cccc(CN4CCCC4=O)c3)s2)cc1. The number of nitrogens with zero attached hydrogens (tertiary/aromatic N) is 3. The van der Waals surface area contributed by atoms with Crippen molar-refractivity contribution in [3.05, 3.63) is 65.2 Å². The average molecular weight is 421 g/mol. The minimum absolute atomic E-state index is 0.174. The van der Waals surface area contributed by atoms with E-state index in [1.807, 2.05) is 35.2 Å². The van der Waals surface area contributed by atoms with E-state index in [4.69, 9.17) is 0 Å². The maximum absolute atomic E-state index is 12.7. The second-order valence-corrected chi connectivity index (χ2v) is 8.74. The smallest absolute Gasteiger partial charge is 0.257 e. The summed E-state index contributed by atoms with van der Waals surface area (Å²) in [6.07, 6.45) is 1.51. The predicted molar refractivity (Wildman–Crippen MR) is 118 cm³/mol. The standard InChI is InChI=1S/C23H24N4O2S/c1-15(2)17-8-10-18(11-9-17)22-25-26-23(30-22)24-21(29)19-6-3-5-16(13-19)14-27-12-4-7-20(27)28/h3,5-6,8-11,13,15H,4,7,12,14H2,1-2H3,(H,24,26,29). The van der Waals surface area contributed by atoms with Gasteiger partial charge in [-0.05, 0) is 35.6 Å². The van der Waals surface area contributed by atoms with Gasteiger partial charge >= 0.3 is 0 Å². The van der Waals surface area contributed by atoms with E-state index >= 15 is 0 Å². The molecule has 1 aliphatic rings. The maximum atomic E-state index is 12.7. The van der Waals surface area contributed by atoms with Gasteiger partial charge in [0.15, 0.2) is 0 Å². The Morgan fingerprint density at radius 1 is 1.17 bits per heavy atom. The molecule has 0 saturated carbocycles. The fourth-order valence-electron chi connectivity index (χ4n) is 3.47. The van der Waals surface area contributed by atoms with Crippen LogP contribution in [0.2, 0.25) is 0 Å². The average Bonchev–Trinajstić information content (AvgIpc) is 3.37. The van der Waals surface area contributed by atoms with Crippen LogP contribution in [0.15, 0.2) is 48.5 Å². The van der Waals surface area contributed by atoms with Gasteiger partial charge in [0.05, 0.1) is 0 Å². The zero-order valence-corrected chi connectivity index (χ0v) is 17.9. The summed E-state index contributed by atoms with van der Waals surface area (Å²) in [5, 5.41) is 12.4. The first-order valence-corrected chi connectivity index (χ1v) is 10.9. The number of rotatable bonds is 6. The lowest BCUT2D eigenvalue weighted by atomic mass is 10.0. The number of nitrogens with one attached hydrogen (secondary N) is 1. The Hall–Kier alpha value is -3.06. The van der Waals surface area contributed by atoms with Crippen molar-refractivity contribution < 1.29 is 9.59 Å². The van der Waals surface area contributed by atoms with Crippen LogP contribution in [-0.4, -0.2) is 33.5 Å². The lowest BCUT2D eigenvalue weighted by molar-refractivity contribution is -0.128. The normalized spacial score (nSPS) is 13.8. The fraction of sp³-hybridized carbons (Fsp3) is 0.304. The van der Waals surface area contributed by atoms with Gasteiger partial charge < -0.3 is 4.90 Å². The molecule has 0 radical (unpaired) electrons. The van der Waals surface area contributed by atoms with Gasteiger partial charge in [-0.2, -0.15) is 0 Å². The van der Waals surface area contributed by atoms with Gasteiger partial charge in [0, 0.05) is 30.6 Å². The number of aromatic nitrogens is 2. The number of anilines is 1. The molecule has 0 bridgehead atoms. The van der Waals surface area contributed by atoms with E-state index in [1.54, 1.807) is 6.07 Å². The van der Waals surface area contributed by atoms with Crippen LogP contribution < -0.4 is 5.32 Å². The zero-order valence-electron chi connectivity index (χ0n) is 17.1. The Labute approximate surface area is 180 Å². The quantitative estimate of drug-likeness (QED) is 0.627. The Morgan fingerprint density at radius 2 is 1.97 bits per heavy atom. The summed E-state index contributed by atoms with van der Waals surface area (Å²) in [4.78, 5) is 26.4. The molecule has 6 nitrogen and oxygen atoms in total.